The van der Waals surface area contributed by atoms with Gasteiger partial charge in [-0.2, -0.15) is 0 Å². The third-order valence-electron chi connectivity index (χ3n) is 3.72. The summed E-state index contributed by atoms with van der Waals surface area (Å²) in [6, 6.07) is 8.96. The maximum Gasteiger partial charge on any atom is 0.121 e. The molecule has 0 saturated heterocycles. The van der Waals surface area contributed by atoms with Crippen molar-refractivity contribution in [3.63, 3.8) is 0 Å². The van der Waals surface area contributed by atoms with Gasteiger partial charge < -0.3 is 15.0 Å². The molecule has 1 fully saturated rings. The van der Waals surface area contributed by atoms with Crippen LogP contribution < -0.4 is 15.0 Å². The van der Waals surface area contributed by atoms with E-state index in [4.69, 9.17) is 4.74 Å². The molecule has 1 atom stereocenters. The maximum atomic E-state index is 5.98. The van der Waals surface area contributed by atoms with Crippen LogP contribution in [-0.2, 0) is 0 Å². The van der Waals surface area contributed by atoms with E-state index in [2.05, 4.69) is 29.3 Å². The second-order valence-corrected chi connectivity index (χ2v) is 5.71. The molecule has 0 aromatic heterocycles. The van der Waals surface area contributed by atoms with Crippen molar-refractivity contribution in [3.8, 4) is 5.75 Å². The molecule has 19 heavy (non-hydrogen) atoms. The highest BCUT2D eigenvalue weighted by molar-refractivity contribution is 5.49. The Morgan fingerprint density at radius 3 is 2.74 bits per heavy atom. The number of nitrogens with one attached hydrogen (secondary N) is 1. The molecule has 1 N–H and O–H groups in total. The maximum absolute atomic E-state index is 5.98. The summed E-state index contributed by atoms with van der Waals surface area (Å²) in [5.74, 6) is 0.951. The fourth-order valence-electron chi connectivity index (χ4n) is 2.57. The summed E-state index contributed by atoms with van der Waals surface area (Å²) < 4.78 is 5.98. The first kappa shape index (κ1) is 14.2. The van der Waals surface area contributed by atoms with Gasteiger partial charge in [0.1, 0.15) is 11.9 Å². The smallest absolute Gasteiger partial charge is 0.121 e. The fraction of sp³-hybridized carbons (Fsp3) is 0.625. The number of hydrogen-bond acceptors (Lipinski definition) is 3. The van der Waals surface area contributed by atoms with E-state index in [1.807, 2.05) is 26.2 Å². The highest BCUT2D eigenvalue weighted by Gasteiger charge is 2.15. The average Bonchev–Trinajstić information content (AvgIpc) is 2.90. The second kappa shape index (κ2) is 6.80. The molecule has 2 rings (SSSR count). The van der Waals surface area contributed by atoms with Gasteiger partial charge in [0.2, 0.25) is 0 Å². The minimum Gasteiger partial charge on any atom is -0.489 e. The zero-order valence-electron chi connectivity index (χ0n) is 12.4. The van der Waals surface area contributed by atoms with Gasteiger partial charge >= 0.3 is 0 Å². The summed E-state index contributed by atoms with van der Waals surface area (Å²) in [5, 5.41) is 3.60. The molecule has 3 heteroatoms. The Hall–Kier alpha value is -1.22. The third kappa shape index (κ3) is 4.43. The lowest BCUT2D eigenvalue weighted by Gasteiger charge is -2.20. The van der Waals surface area contributed by atoms with E-state index in [1.165, 1.54) is 31.4 Å². The van der Waals surface area contributed by atoms with E-state index in [0.717, 1.165) is 12.3 Å². The van der Waals surface area contributed by atoms with Crippen LogP contribution in [0, 0.1) is 0 Å². The molecule has 1 aliphatic rings. The van der Waals surface area contributed by atoms with E-state index in [-0.39, 0.29) is 6.10 Å². The number of ether oxygens (including phenoxy) is 1. The summed E-state index contributed by atoms with van der Waals surface area (Å²) in [6.45, 7) is 3.06. The molecule has 0 heterocycles. The van der Waals surface area contributed by atoms with Crippen molar-refractivity contribution >= 4 is 5.69 Å². The van der Waals surface area contributed by atoms with Gasteiger partial charge in [0, 0.05) is 38.4 Å². The first-order chi connectivity index (χ1) is 9.15. The SMILES string of the molecule is CC(CNC1CCCC1)Oc1cccc(N(C)C)c1. The highest BCUT2D eigenvalue weighted by atomic mass is 16.5. The molecule has 3 nitrogen and oxygen atoms in total. The minimum atomic E-state index is 0.206. The standard InChI is InChI=1S/C16H26N2O/c1-13(12-17-14-7-4-5-8-14)19-16-10-6-9-15(11-16)18(2)3/h6,9-11,13-14,17H,4-5,7-8,12H2,1-3H3. The van der Waals surface area contributed by atoms with Crippen molar-refractivity contribution in [1.29, 1.82) is 0 Å². The van der Waals surface area contributed by atoms with Gasteiger partial charge in [-0.3, -0.25) is 0 Å². The molecule has 0 bridgehead atoms. The molecule has 0 amide bonds. The lowest BCUT2D eigenvalue weighted by Crippen LogP contribution is -2.35. The van der Waals surface area contributed by atoms with Crippen molar-refractivity contribution in [2.45, 2.75) is 44.8 Å². The number of benzene rings is 1. The Bertz CT molecular complexity index is 386. The monoisotopic (exact) mass is 262 g/mol. The zero-order valence-corrected chi connectivity index (χ0v) is 12.4. The first-order valence-corrected chi connectivity index (χ1v) is 7.32. The van der Waals surface area contributed by atoms with Crippen LogP contribution in [0.1, 0.15) is 32.6 Å². The number of anilines is 1. The third-order valence-corrected chi connectivity index (χ3v) is 3.72. The molecule has 1 aromatic rings. The van der Waals surface area contributed by atoms with E-state index in [9.17, 15) is 0 Å². The van der Waals surface area contributed by atoms with Crippen LogP contribution >= 0.6 is 0 Å². The molecule has 0 aliphatic heterocycles. The topological polar surface area (TPSA) is 24.5 Å². The molecular weight excluding hydrogens is 236 g/mol. The molecule has 1 unspecified atom stereocenters. The lowest BCUT2D eigenvalue weighted by molar-refractivity contribution is 0.211. The lowest BCUT2D eigenvalue weighted by atomic mass is 10.2. The molecule has 1 aromatic carbocycles. The van der Waals surface area contributed by atoms with Gasteiger partial charge in [-0.25, -0.2) is 0 Å². The first-order valence-electron chi connectivity index (χ1n) is 7.32. The largest absolute Gasteiger partial charge is 0.489 e. The predicted octanol–water partition coefficient (Wildman–Crippen LogP) is 3.05. The average molecular weight is 262 g/mol. The van der Waals surface area contributed by atoms with Gasteiger partial charge in [-0.05, 0) is 31.9 Å². The molecule has 1 aliphatic carbocycles. The van der Waals surface area contributed by atoms with Crippen LogP contribution in [0.3, 0.4) is 0 Å². The Kier molecular flexibility index (Phi) is 5.08. The van der Waals surface area contributed by atoms with Crippen molar-refractivity contribution in [3.05, 3.63) is 24.3 Å². The molecule has 1 saturated carbocycles. The van der Waals surface area contributed by atoms with Crippen LogP contribution in [0.2, 0.25) is 0 Å². The highest BCUT2D eigenvalue weighted by Crippen LogP contribution is 2.21. The number of rotatable bonds is 6. The molecule has 0 radical (unpaired) electrons. The van der Waals surface area contributed by atoms with Crippen LogP contribution in [-0.4, -0.2) is 32.8 Å². The van der Waals surface area contributed by atoms with E-state index >= 15 is 0 Å². The van der Waals surface area contributed by atoms with Gasteiger partial charge in [0.25, 0.3) is 0 Å². The van der Waals surface area contributed by atoms with Crippen LogP contribution in [0.15, 0.2) is 24.3 Å². The van der Waals surface area contributed by atoms with Gasteiger partial charge in [0.15, 0.2) is 0 Å². The van der Waals surface area contributed by atoms with Crippen molar-refractivity contribution in [2.75, 3.05) is 25.5 Å². The van der Waals surface area contributed by atoms with Gasteiger partial charge in [-0.1, -0.05) is 18.9 Å². The fourth-order valence-corrected chi connectivity index (χ4v) is 2.57. The zero-order chi connectivity index (χ0) is 13.7. The quantitative estimate of drug-likeness (QED) is 0.853. The van der Waals surface area contributed by atoms with Crippen molar-refractivity contribution in [1.82, 2.24) is 5.32 Å². The Morgan fingerprint density at radius 1 is 1.32 bits per heavy atom. The Labute approximate surface area is 116 Å². The van der Waals surface area contributed by atoms with E-state index in [0.29, 0.717) is 6.04 Å². The van der Waals surface area contributed by atoms with Crippen LogP contribution in [0.25, 0.3) is 0 Å². The molecular formula is C16H26N2O. The summed E-state index contributed by atoms with van der Waals surface area (Å²) in [4.78, 5) is 2.09. The molecule has 106 valence electrons. The Balaban J connectivity index is 1.80. The summed E-state index contributed by atoms with van der Waals surface area (Å²) in [6.07, 6.45) is 5.60. The van der Waals surface area contributed by atoms with E-state index in [1.54, 1.807) is 0 Å². The second-order valence-electron chi connectivity index (χ2n) is 5.71. The molecule has 0 spiro atoms. The Morgan fingerprint density at radius 2 is 2.05 bits per heavy atom. The summed E-state index contributed by atoms with van der Waals surface area (Å²) in [7, 11) is 4.09. The summed E-state index contributed by atoms with van der Waals surface area (Å²) in [5.41, 5.74) is 1.17. The van der Waals surface area contributed by atoms with Crippen molar-refractivity contribution in [2.24, 2.45) is 0 Å². The minimum absolute atomic E-state index is 0.206. The van der Waals surface area contributed by atoms with Gasteiger partial charge in [-0.15, -0.1) is 0 Å². The normalized spacial score (nSPS) is 17.4. The predicted molar refractivity (Wildman–Crippen MR) is 81.1 cm³/mol. The number of nitrogens with zero attached hydrogens (tertiary/aromatic N) is 1. The number of hydrogen-bond donors (Lipinski definition) is 1. The van der Waals surface area contributed by atoms with Crippen LogP contribution in [0.5, 0.6) is 5.75 Å². The van der Waals surface area contributed by atoms with Crippen molar-refractivity contribution < 1.29 is 4.74 Å². The van der Waals surface area contributed by atoms with E-state index < -0.39 is 0 Å². The summed E-state index contributed by atoms with van der Waals surface area (Å²) >= 11 is 0. The van der Waals surface area contributed by atoms with Gasteiger partial charge in [0.05, 0.1) is 0 Å². The van der Waals surface area contributed by atoms with Crippen LogP contribution in [0.4, 0.5) is 5.69 Å².